The highest BCUT2D eigenvalue weighted by Gasteiger charge is 2.28. The van der Waals surface area contributed by atoms with Crippen LogP contribution in [0.25, 0.3) is 0 Å². The zero-order valence-electron chi connectivity index (χ0n) is 14.2. The zero-order chi connectivity index (χ0) is 16.8. The van der Waals surface area contributed by atoms with E-state index >= 15 is 0 Å². The van der Waals surface area contributed by atoms with Crippen LogP contribution in [0.2, 0.25) is 0 Å². The highest BCUT2D eigenvalue weighted by Crippen LogP contribution is 2.36. The average molecular weight is 310 g/mol. The van der Waals surface area contributed by atoms with Crippen LogP contribution in [0, 0.1) is 12.8 Å². The predicted octanol–water partition coefficient (Wildman–Crippen LogP) is 5.46. The van der Waals surface area contributed by atoms with E-state index in [1.54, 1.807) is 12.2 Å². The van der Waals surface area contributed by atoms with Gasteiger partial charge in [0.05, 0.1) is 5.92 Å². The highest BCUT2D eigenvalue weighted by molar-refractivity contribution is 5.74. The molecule has 1 aliphatic carbocycles. The van der Waals surface area contributed by atoms with Crippen molar-refractivity contribution in [3.63, 3.8) is 0 Å². The summed E-state index contributed by atoms with van der Waals surface area (Å²) >= 11 is 0. The van der Waals surface area contributed by atoms with Crippen LogP contribution in [0.5, 0.6) is 0 Å². The van der Waals surface area contributed by atoms with Crippen LogP contribution in [-0.4, -0.2) is 5.97 Å². The van der Waals surface area contributed by atoms with Crippen LogP contribution in [-0.2, 0) is 9.53 Å². The minimum absolute atomic E-state index is 0.00771. The van der Waals surface area contributed by atoms with Crippen molar-refractivity contribution in [2.45, 2.75) is 45.4 Å². The van der Waals surface area contributed by atoms with Crippen LogP contribution < -0.4 is 0 Å². The minimum atomic E-state index is -0.149. The molecule has 122 valence electrons. The van der Waals surface area contributed by atoms with E-state index in [0.717, 1.165) is 31.3 Å². The molecule has 0 atom stereocenters. The molecule has 23 heavy (non-hydrogen) atoms. The molecule has 0 aromatic heterocycles. The third kappa shape index (κ3) is 5.24. The molecule has 2 nitrogen and oxygen atoms in total. The van der Waals surface area contributed by atoms with Gasteiger partial charge in [-0.25, -0.2) is 0 Å². The van der Waals surface area contributed by atoms with E-state index in [1.807, 2.05) is 6.92 Å². The summed E-state index contributed by atoms with van der Waals surface area (Å²) < 4.78 is 5.34. The number of allylic oxidation sites excluding steroid dienone is 3. The zero-order valence-corrected chi connectivity index (χ0v) is 14.2. The number of esters is 1. The Balaban J connectivity index is 1.84. The van der Waals surface area contributed by atoms with Gasteiger partial charge in [0, 0.05) is 0 Å². The molecule has 1 saturated carbocycles. The van der Waals surface area contributed by atoms with E-state index in [0.29, 0.717) is 11.7 Å². The predicted molar refractivity (Wildman–Crippen MR) is 95.1 cm³/mol. The van der Waals surface area contributed by atoms with E-state index in [1.165, 1.54) is 11.1 Å². The first-order valence-electron chi connectivity index (χ1n) is 8.26. The van der Waals surface area contributed by atoms with Crippen LogP contribution in [0.1, 0.15) is 49.7 Å². The largest absolute Gasteiger partial charge is 0.427 e. The lowest BCUT2D eigenvalue weighted by atomic mass is 9.78. The lowest BCUT2D eigenvalue weighted by molar-refractivity contribution is -0.144. The van der Waals surface area contributed by atoms with Crippen molar-refractivity contribution >= 4 is 5.97 Å². The number of carbonyl (C=O) groups excluding carboxylic acids is 1. The Morgan fingerprint density at radius 2 is 1.70 bits per heavy atom. The first-order chi connectivity index (χ1) is 11.0. The van der Waals surface area contributed by atoms with Crippen molar-refractivity contribution in [3.05, 3.63) is 72.0 Å². The summed E-state index contributed by atoms with van der Waals surface area (Å²) in [7, 11) is 0. The lowest BCUT2D eigenvalue weighted by Crippen LogP contribution is -2.22. The van der Waals surface area contributed by atoms with Crippen LogP contribution in [0.15, 0.2) is 60.9 Å². The van der Waals surface area contributed by atoms with Crippen molar-refractivity contribution in [2.75, 3.05) is 0 Å². The average Bonchev–Trinajstić information content (AvgIpc) is 2.54. The van der Waals surface area contributed by atoms with Crippen LogP contribution in [0.3, 0.4) is 0 Å². The molecule has 0 saturated heterocycles. The van der Waals surface area contributed by atoms with Crippen molar-refractivity contribution in [2.24, 2.45) is 5.92 Å². The second kappa shape index (κ2) is 7.96. The summed E-state index contributed by atoms with van der Waals surface area (Å²) in [5.74, 6) is 0.792. The number of hydrogen-bond acceptors (Lipinski definition) is 2. The molecule has 1 fully saturated rings. The number of rotatable bonds is 5. The standard InChI is InChI=1S/C21H26O2/c1-15(2)5-8-17(4)23-21(22)20-13-11-19(12-14-20)18-9-6-16(3)7-10-18/h5-10,19-20H,1,4,11-14H2,2-3H3/b8-5-. The van der Waals surface area contributed by atoms with Crippen molar-refractivity contribution < 1.29 is 9.53 Å². The van der Waals surface area contributed by atoms with Gasteiger partial charge in [0.15, 0.2) is 0 Å². The minimum Gasteiger partial charge on any atom is -0.427 e. The molecule has 0 spiro atoms. The molecular weight excluding hydrogens is 284 g/mol. The molecular formula is C21H26O2. The maximum Gasteiger partial charge on any atom is 0.314 e. The van der Waals surface area contributed by atoms with Gasteiger partial charge in [0.1, 0.15) is 5.76 Å². The Morgan fingerprint density at radius 1 is 1.09 bits per heavy atom. The second-order valence-electron chi connectivity index (χ2n) is 6.53. The topological polar surface area (TPSA) is 26.3 Å². The highest BCUT2D eigenvalue weighted by atomic mass is 16.5. The van der Waals surface area contributed by atoms with Gasteiger partial charge < -0.3 is 4.74 Å². The number of carbonyl (C=O) groups is 1. The SMILES string of the molecule is C=C(C)/C=C\C(=C)OC(=O)C1CCC(c2ccc(C)cc2)CC1. The Morgan fingerprint density at radius 3 is 2.26 bits per heavy atom. The molecule has 1 aromatic carbocycles. The fourth-order valence-electron chi connectivity index (χ4n) is 2.98. The van der Waals surface area contributed by atoms with Crippen molar-refractivity contribution in [1.29, 1.82) is 0 Å². The van der Waals surface area contributed by atoms with Gasteiger partial charge in [0.2, 0.25) is 0 Å². The van der Waals surface area contributed by atoms with Crippen molar-refractivity contribution in [1.82, 2.24) is 0 Å². The quantitative estimate of drug-likeness (QED) is 0.410. The van der Waals surface area contributed by atoms with Crippen molar-refractivity contribution in [3.8, 4) is 0 Å². The number of aryl methyl sites for hydroxylation is 1. The smallest absolute Gasteiger partial charge is 0.314 e. The second-order valence-corrected chi connectivity index (χ2v) is 6.53. The number of ether oxygens (including phenoxy) is 1. The van der Waals surface area contributed by atoms with Gasteiger partial charge in [-0.1, -0.05) is 54.6 Å². The third-order valence-electron chi connectivity index (χ3n) is 4.39. The van der Waals surface area contributed by atoms with Gasteiger partial charge in [-0.3, -0.25) is 4.79 Å². The summed E-state index contributed by atoms with van der Waals surface area (Å²) in [6.45, 7) is 11.5. The summed E-state index contributed by atoms with van der Waals surface area (Å²) in [6, 6.07) is 8.74. The van der Waals surface area contributed by atoms with Gasteiger partial charge in [-0.05, 0) is 57.1 Å². The van der Waals surface area contributed by atoms with E-state index in [9.17, 15) is 4.79 Å². The maximum absolute atomic E-state index is 12.2. The molecule has 0 heterocycles. The van der Waals surface area contributed by atoms with Gasteiger partial charge in [0.25, 0.3) is 0 Å². The Labute approximate surface area is 139 Å². The lowest BCUT2D eigenvalue weighted by Gasteiger charge is -2.27. The van der Waals surface area contributed by atoms with Gasteiger partial charge in [-0.2, -0.15) is 0 Å². The molecule has 0 amide bonds. The summed E-state index contributed by atoms with van der Waals surface area (Å²) in [6.07, 6.45) is 7.33. The molecule has 1 aromatic rings. The van der Waals surface area contributed by atoms with Gasteiger partial charge >= 0.3 is 5.97 Å². The summed E-state index contributed by atoms with van der Waals surface area (Å²) in [5, 5.41) is 0. The summed E-state index contributed by atoms with van der Waals surface area (Å²) in [4.78, 5) is 12.2. The van der Waals surface area contributed by atoms with Crippen LogP contribution in [0.4, 0.5) is 0 Å². The fraction of sp³-hybridized carbons (Fsp3) is 0.381. The van der Waals surface area contributed by atoms with E-state index in [2.05, 4.69) is 44.3 Å². The molecule has 0 N–H and O–H groups in total. The molecule has 2 rings (SSSR count). The first-order valence-corrected chi connectivity index (χ1v) is 8.26. The fourth-order valence-corrected chi connectivity index (χ4v) is 2.98. The normalized spacial score (nSPS) is 21.1. The van der Waals surface area contributed by atoms with E-state index < -0.39 is 0 Å². The van der Waals surface area contributed by atoms with Gasteiger partial charge in [-0.15, -0.1) is 0 Å². The maximum atomic E-state index is 12.2. The molecule has 0 aliphatic heterocycles. The molecule has 0 unspecified atom stereocenters. The Bertz CT molecular complexity index is 599. The molecule has 1 aliphatic rings. The summed E-state index contributed by atoms with van der Waals surface area (Å²) in [5.41, 5.74) is 3.57. The molecule has 2 heteroatoms. The van der Waals surface area contributed by atoms with E-state index in [4.69, 9.17) is 4.74 Å². The monoisotopic (exact) mass is 310 g/mol. The Hall–Kier alpha value is -2.09. The first kappa shape index (κ1) is 17.3. The number of hydrogen-bond donors (Lipinski definition) is 0. The molecule has 0 bridgehead atoms. The number of benzene rings is 1. The third-order valence-corrected chi connectivity index (χ3v) is 4.39. The Kier molecular flexibility index (Phi) is 5.97. The van der Waals surface area contributed by atoms with E-state index in [-0.39, 0.29) is 11.9 Å². The van der Waals surface area contributed by atoms with Crippen LogP contribution >= 0.6 is 0 Å². The molecule has 0 radical (unpaired) electrons.